The van der Waals surface area contributed by atoms with Gasteiger partial charge in [0, 0.05) is 30.9 Å². The summed E-state index contributed by atoms with van der Waals surface area (Å²) in [4.78, 5) is 21.6. The third-order valence-electron chi connectivity index (χ3n) is 4.81. The quantitative estimate of drug-likeness (QED) is 0.475. The van der Waals surface area contributed by atoms with Gasteiger partial charge in [0.15, 0.2) is 5.65 Å². The Kier molecular flexibility index (Phi) is 5.98. The summed E-state index contributed by atoms with van der Waals surface area (Å²) >= 11 is 0. The van der Waals surface area contributed by atoms with Crippen molar-refractivity contribution >= 4 is 22.9 Å². The summed E-state index contributed by atoms with van der Waals surface area (Å²) in [5.74, 6) is 1.98. The number of methoxy groups -OCH3 is 2. The van der Waals surface area contributed by atoms with E-state index in [2.05, 4.69) is 15.6 Å². The zero-order valence-electron chi connectivity index (χ0n) is 17.3. The van der Waals surface area contributed by atoms with E-state index < -0.39 is 0 Å². The van der Waals surface area contributed by atoms with Gasteiger partial charge in [0.2, 0.25) is 0 Å². The Morgan fingerprint density at radius 3 is 2.65 bits per heavy atom. The number of rotatable bonds is 7. The molecule has 2 aromatic heterocycles. The Labute approximate surface area is 179 Å². The molecule has 0 unspecified atom stereocenters. The fourth-order valence-corrected chi connectivity index (χ4v) is 3.33. The number of ether oxygens (including phenoxy) is 2. The lowest BCUT2D eigenvalue weighted by Gasteiger charge is -2.13. The summed E-state index contributed by atoms with van der Waals surface area (Å²) in [7, 11) is 3.12. The first-order valence-electron chi connectivity index (χ1n) is 9.83. The number of pyridine rings is 1. The number of anilines is 1. The lowest BCUT2D eigenvalue weighted by Crippen LogP contribution is -2.31. The van der Waals surface area contributed by atoms with Gasteiger partial charge in [-0.3, -0.25) is 0 Å². The molecule has 31 heavy (non-hydrogen) atoms. The van der Waals surface area contributed by atoms with Crippen LogP contribution in [0.1, 0.15) is 0 Å². The molecule has 4 aromatic rings. The van der Waals surface area contributed by atoms with E-state index in [0.29, 0.717) is 30.3 Å². The van der Waals surface area contributed by atoms with E-state index >= 15 is 0 Å². The molecular weight excluding hydrogens is 394 g/mol. The first-order valence-corrected chi connectivity index (χ1v) is 9.83. The number of fused-ring (bicyclic) bond motifs is 1. The van der Waals surface area contributed by atoms with Gasteiger partial charge >= 0.3 is 6.03 Å². The molecule has 8 nitrogen and oxygen atoms in total. The van der Waals surface area contributed by atoms with Crippen molar-refractivity contribution < 1.29 is 14.3 Å². The molecule has 2 amide bonds. The predicted molar refractivity (Wildman–Crippen MR) is 120 cm³/mol. The second-order valence-corrected chi connectivity index (χ2v) is 6.75. The van der Waals surface area contributed by atoms with Crippen molar-refractivity contribution in [3.63, 3.8) is 0 Å². The van der Waals surface area contributed by atoms with E-state index in [0.717, 1.165) is 22.6 Å². The molecular formula is C23H23N5O3. The standard InChI is InChI=1S/C23H23N5O3/c1-30-17-10-11-18(20(15-17)31-2)27-23(29)25-13-14-28-21(16-7-4-3-5-8-16)26-19-9-6-12-24-22(19)28/h3-12,15H,13-14H2,1-2H3,(H2,25,27,29). The van der Waals surface area contributed by atoms with Crippen LogP contribution < -0.4 is 20.1 Å². The normalized spacial score (nSPS) is 10.6. The number of hydrogen-bond donors (Lipinski definition) is 2. The minimum absolute atomic E-state index is 0.331. The van der Waals surface area contributed by atoms with Crippen LogP contribution in [-0.4, -0.2) is 41.3 Å². The maximum Gasteiger partial charge on any atom is 0.319 e. The number of hydrogen-bond acceptors (Lipinski definition) is 5. The molecule has 0 aliphatic heterocycles. The summed E-state index contributed by atoms with van der Waals surface area (Å²) in [6.07, 6.45) is 1.74. The molecule has 0 saturated carbocycles. The van der Waals surface area contributed by atoms with Gasteiger partial charge in [-0.15, -0.1) is 0 Å². The Hall–Kier alpha value is -4.07. The van der Waals surface area contributed by atoms with Gasteiger partial charge < -0.3 is 24.7 Å². The second kappa shape index (κ2) is 9.17. The Balaban J connectivity index is 1.47. The van der Waals surface area contributed by atoms with Crippen molar-refractivity contribution in [2.75, 3.05) is 26.1 Å². The number of aromatic nitrogens is 3. The predicted octanol–water partition coefficient (Wildman–Crippen LogP) is 3.94. The number of nitrogens with one attached hydrogen (secondary N) is 2. The highest BCUT2D eigenvalue weighted by Gasteiger charge is 2.14. The van der Waals surface area contributed by atoms with Crippen LogP contribution in [0.4, 0.5) is 10.5 Å². The smallest absolute Gasteiger partial charge is 0.319 e. The Bertz CT molecular complexity index is 1190. The second-order valence-electron chi connectivity index (χ2n) is 6.75. The number of carbonyl (C=O) groups is 1. The molecule has 0 saturated heterocycles. The highest BCUT2D eigenvalue weighted by atomic mass is 16.5. The van der Waals surface area contributed by atoms with Gasteiger partial charge in [0.05, 0.1) is 19.9 Å². The summed E-state index contributed by atoms with van der Waals surface area (Å²) < 4.78 is 12.5. The van der Waals surface area contributed by atoms with Gasteiger partial charge in [0.1, 0.15) is 22.8 Å². The first-order chi connectivity index (χ1) is 15.2. The number of nitrogens with zero attached hydrogens (tertiary/aromatic N) is 3. The van der Waals surface area contributed by atoms with Gasteiger partial charge in [-0.25, -0.2) is 14.8 Å². The fraction of sp³-hybridized carbons (Fsp3) is 0.174. The van der Waals surface area contributed by atoms with E-state index in [1.165, 1.54) is 0 Å². The van der Waals surface area contributed by atoms with E-state index in [-0.39, 0.29) is 6.03 Å². The number of urea groups is 1. The van der Waals surface area contributed by atoms with Gasteiger partial charge in [-0.2, -0.15) is 0 Å². The molecule has 0 atom stereocenters. The summed E-state index contributed by atoms with van der Waals surface area (Å²) in [5.41, 5.74) is 3.14. The summed E-state index contributed by atoms with van der Waals surface area (Å²) in [6.45, 7) is 0.914. The number of benzene rings is 2. The van der Waals surface area contributed by atoms with E-state index in [9.17, 15) is 4.79 Å². The lowest BCUT2D eigenvalue weighted by molar-refractivity contribution is 0.251. The minimum atomic E-state index is -0.331. The number of amides is 2. The van der Waals surface area contributed by atoms with Crippen LogP contribution >= 0.6 is 0 Å². The van der Waals surface area contributed by atoms with E-state index in [4.69, 9.17) is 14.5 Å². The van der Waals surface area contributed by atoms with Gasteiger partial charge in [-0.05, 0) is 24.3 Å². The first kappa shape index (κ1) is 20.2. The third kappa shape index (κ3) is 4.42. The zero-order valence-corrected chi connectivity index (χ0v) is 17.3. The van der Waals surface area contributed by atoms with Crippen LogP contribution in [0, 0.1) is 0 Å². The van der Waals surface area contributed by atoms with Crippen LogP contribution in [0.2, 0.25) is 0 Å². The van der Waals surface area contributed by atoms with Crippen molar-refractivity contribution in [1.29, 1.82) is 0 Å². The van der Waals surface area contributed by atoms with Crippen LogP contribution in [0.3, 0.4) is 0 Å². The molecule has 0 bridgehead atoms. The maximum absolute atomic E-state index is 12.4. The fourth-order valence-electron chi connectivity index (χ4n) is 3.33. The third-order valence-corrected chi connectivity index (χ3v) is 4.81. The van der Waals surface area contributed by atoms with Crippen LogP contribution in [0.5, 0.6) is 11.5 Å². The highest BCUT2D eigenvalue weighted by molar-refractivity contribution is 5.91. The summed E-state index contributed by atoms with van der Waals surface area (Å²) in [6, 6.07) is 18.6. The molecule has 0 aliphatic rings. The zero-order chi connectivity index (χ0) is 21.6. The SMILES string of the molecule is COc1ccc(NC(=O)NCCn2c(-c3ccccc3)nc3cccnc32)c(OC)c1. The van der Waals surface area contributed by atoms with Crippen LogP contribution in [0.15, 0.2) is 66.9 Å². The van der Waals surface area contributed by atoms with Crippen molar-refractivity contribution in [2.45, 2.75) is 6.54 Å². The van der Waals surface area contributed by atoms with Crippen LogP contribution in [0.25, 0.3) is 22.6 Å². The minimum Gasteiger partial charge on any atom is -0.497 e. The summed E-state index contributed by atoms with van der Waals surface area (Å²) in [5, 5.41) is 5.68. The molecule has 0 fully saturated rings. The van der Waals surface area contributed by atoms with E-state index in [1.807, 2.05) is 47.0 Å². The maximum atomic E-state index is 12.4. The molecule has 158 valence electrons. The largest absolute Gasteiger partial charge is 0.497 e. The lowest BCUT2D eigenvalue weighted by atomic mass is 10.2. The highest BCUT2D eigenvalue weighted by Crippen LogP contribution is 2.29. The van der Waals surface area contributed by atoms with Crippen molar-refractivity contribution in [3.8, 4) is 22.9 Å². The Morgan fingerprint density at radius 2 is 1.87 bits per heavy atom. The average Bonchev–Trinajstić information content (AvgIpc) is 3.18. The molecule has 2 heterocycles. The molecule has 2 N–H and O–H groups in total. The molecule has 2 aromatic carbocycles. The molecule has 0 spiro atoms. The monoisotopic (exact) mass is 417 g/mol. The molecule has 0 radical (unpaired) electrons. The average molecular weight is 417 g/mol. The van der Waals surface area contributed by atoms with E-state index in [1.54, 1.807) is 38.6 Å². The van der Waals surface area contributed by atoms with Crippen molar-refractivity contribution in [1.82, 2.24) is 19.9 Å². The van der Waals surface area contributed by atoms with Crippen LogP contribution in [-0.2, 0) is 6.54 Å². The Morgan fingerprint density at radius 1 is 1.03 bits per heavy atom. The van der Waals surface area contributed by atoms with Crippen molar-refractivity contribution in [3.05, 3.63) is 66.9 Å². The molecule has 0 aliphatic carbocycles. The van der Waals surface area contributed by atoms with Gasteiger partial charge in [0.25, 0.3) is 0 Å². The number of carbonyl (C=O) groups excluding carboxylic acids is 1. The van der Waals surface area contributed by atoms with Gasteiger partial charge in [-0.1, -0.05) is 30.3 Å². The topological polar surface area (TPSA) is 90.3 Å². The molecule has 4 rings (SSSR count). The van der Waals surface area contributed by atoms with Crippen molar-refractivity contribution in [2.24, 2.45) is 0 Å². The number of imidazole rings is 1. The molecule has 8 heteroatoms.